The number of fused-ring (bicyclic) bond motifs is 2. The molecule has 2 fully saturated rings. The fourth-order valence-corrected chi connectivity index (χ4v) is 5.97. The van der Waals surface area contributed by atoms with E-state index in [-0.39, 0.29) is 22.7 Å². The van der Waals surface area contributed by atoms with E-state index in [0.29, 0.717) is 4.90 Å². The molecule has 0 unspecified atom stereocenters. The van der Waals surface area contributed by atoms with E-state index >= 15 is 0 Å². The number of rotatable bonds is 10. The molecule has 0 radical (unpaired) electrons. The summed E-state index contributed by atoms with van der Waals surface area (Å²) in [6, 6.07) is 2.81. The number of nitrogens with zero attached hydrogens (tertiary/aromatic N) is 5. The second kappa shape index (κ2) is 11.7. The molecule has 5 atom stereocenters. The van der Waals surface area contributed by atoms with E-state index in [1.165, 1.54) is 10.9 Å². The smallest absolute Gasteiger partial charge is 0.475 e. The Labute approximate surface area is 243 Å². The summed E-state index contributed by atoms with van der Waals surface area (Å²) in [6.45, 7) is -3.40. The Morgan fingerprint density at radius 2 is 1.98 bits per heavy atom. The molecule has 3 aromatic rings. The molecule has 2 aliphatic heterocycles. The van der Waals surface area contributed by atoms with Gasteiger partial charge in [-0.3, -0.25) is 42.8 Å². The summed E-state index contributed by atoms with van der Waals surface area (Å²) < 4.78 is 36.2. The third-order valence-electron chi connectivity index (χ3n) is 6.52. The van der Waals surface area contributed by atoms with Crippen LogP contribution in [0.4, 0.5) is 11.6 Å². The minimum atomic E-state index is -4.48. The van der Waals surface area contributed by atoms with E-state index < -0.39 is 98.2 Å². The number of carboxylic acid groups (broad SMARTS) is 2. The molecule has 0 spiro atoms. The van der Waals surface area contributed by atoms with Crippen molar-refractivity contribution in [1.29, 1.82) is 0 Å². The standard InChI is InChI=1S/C22H22N7O14P/c23-22-25-18-15(19(35)26-22)24-8-28(18)21-16(34)17-12(42-21)7-41-44(39,43-17)40-6-10-2-1-9(3-11(10)29(37)38)20(36)27(4-13(30)31)5-14(32)33/h1-3,8,12,16-17,21,34H,4-7H2,(H,30,31)(H,32,33)(H3,23,25,26,35)/p-2/t12-,16-,17-,21-,44+/m1/s1. The molecule has 2 aromatic heterocycles. The number of nitrogens with two attached hydrogens (primary N) is 1. The number of nitro groups is 1. The number of benzene rings is 1. The average molecular weight is 637 g/mol. The molecule has 234 valence electrons. The first kappa shape index (κ1) is 30.7. The highest BCUT2D eigenvalue weighted by Crippen LogP contribution is 2.57. The number of hydrogen-bond donors (Lipinski definition) is 3. The number of aromatic nitrogens is 4. The quantitative estimate of drug-likeness (QED) is 0.110. The number of H-pyrrole nitrogens is 1. The zero-order valence-corrected chi connectivity index (χ0v) is 22.9. The number of phosphoric acid groups is 1. The molecule has 0 bridgehead atoms. The molecule has 2 aliphatic rings. The van der Waals surface area contributed by atoms with Gasteiger partial charge in [0.25, 0.3) is 17.2 Å². The van der Waals surface area contributed by atoms with Gasteiger partial charge in [0.05, 0.1) is 55.1 Å². The number of hydrogen-bond acceptors (Lipinski definition) is 17. The highest BCUT2D eigenvalue weighted by molar-refractivity contribution is 7.48. The first-order valence-corrected chi connectivity index (χ1v) is 13.8. The van der Waals surface area contributed by atoms with Crippen molar-refractivity contribution in [3.63, 3.8) is 0 Å². The second-order valence-electron chi connectivity index (χ2n) is 9.42. The van der Waals surface area contributed by atoms with Gasteiger partial charge in [-0.2, -0.15) is 4.98 Å². The number of aliphatic hydroxyl groups excluding tert-OH is 1. The lowest BCUT2D eigenvalue weighted by Crippen LogP contribution is -2.47. The first-order chi connectivity index (χ1) is 20.8. The topological polar surface area (TPSA) is 308 Å². The van der Waals surface area contributed by atoms with Crippen molar-refractivity contribution in [2.75, 3.05) is 25.4 Å². The number of nitrogens with one attached hydrogen (secondary N) is 1. The van der Waals surface area contributed by atoms with Crippen LogP contribution in [0, 0.1) is 10.1 Å². The van der Waals surface area contributed by atoms with Crippen LogP contribution in [0.3, 0.4) is 0 Å². The van der Waals surface area contributed by atoms with Crippen LogP contribution in [0.25, 0.3) is 11.2 Å². The number of nitro benzene ring substituents is 1. The Balaban J connectivity index is 1.31. The monoisotopic (exact) mass is 637 g/mol. The predicted octanol–water partition coefficient (Wildman–Crippen LogP) is -3.45. The number of phosphoric ester groups is 1. The number of carboxylic acids is 2. The maximum Gasteiger partial charge on any atom is 0.475 e. The van der Waals surface area contributed by atoms with Crippen LogP contribution in [0.2, 0.25) is 0 Å². The Bertz CT molecular complexity index is 1760. The van der Waals surface area contributed by atoms with Crippen LogP contribution < -0.4 is 21.5 Å². The summed E-state index contributed by atoms with van der Waals surface area (Å²) in [6.07, 6.45) is -3.81. The summed E-state index contributed by atoms with van der Waals surface area (Å²) in [7, 11) is -4.48. The molecule has 1 amide bonds. The third-order valence-corrected chi connectivity index (χ3v) is 7.93. The van der Waals surface area contributed by atoms with Crippen molar-refractivity contribution in [2.45, 2.75) is 31.1 Å². The molecule has 0 aliphatic carbocycles. The molecule has 1 aromatic carbocycles. The molecular weight excluding hydrogens is 617 g/mol. The van der Waals surface area contributed by atoms with Gasteiger partial charge in [0.1, 0.15) is 18.3 Å². The average Bonchev–Trinajstić information content (AvgIpc) is 3.51. The molecule has 5 rings (SSSR count). The van der Waals surface area contributed by atoms with Gasteiger partial charge < -0.3 is 40.3 Å². The SMILES string of the molecule is Nc1nc2c(ncn2[C@@H]2O[C@@H]3CO[P@](=O)(OCc4ccc(C(=O)N(CC(=O)[O-])CC(=O)[O-])cc4[N+](=O)[O-])O[C@H]3[C@H]2O)c(=O)[nH]1. The van der Waals surface area contributed by atoms with Gasteiger partial charge in [0.15, 0.2) is 17.4 Å². The van der Waals surface area contributed by atoms with Crippen LogP contribution in [-0.2, 0) is 39.1 Å². The molecular formula is C22H20N7O14P-2. The Morgan fingerprint density at radius 3 is 2.64 bits per heavy atom. The van der Waals surface area contributed by atoms with E-state index in [0.717, 1.165) is 18.2 Å². The predicted molar refractivity (Wildman–Crippen MR) is 135 cm³/mol. The largest absolute Gasteiger partial charge is 0.548 e. The van der Waals surface area contributed by atoms with Crippen LogP contribution in [0.5, 0.6) is 0 Å². The van der Waals surface area contributed by atoms with E-state index in [9.17, 15) is 49.2 Å². The number of nitrogen functional groups attached to an aromatic ring is 1. The molecule has 21 nitrogen and oxygen atoms in total. The molecule has 22 heteroatoms. The molecule has 4 heterocycles. The molecule has 0 saturated carbocycles. The molecule has 4 N–H and O–H groups in total. The fourth-order valence-electron chi connectivity index (χ4n) is 4.59. The van der Waals surface area contributed by atoms with Gasteiger partial charge in [-0.15, -0.1) is 0 Å². The van der Waals surface area contributed by atoms with E-state index in [1.54, 1.807) is 0 Å². The number of aromatic amines is 1. The van der Waals surface area contributed by atoms with Crippen LogP contribution in [-0.4, -0.2) is 90.3 Å². The van der Waals surface area contributed by atoms with Crippen molar-refractivity contribution in [1.82, 2.24) is 24.4 Å². The van der Waals surface area contributed by atoms with Crippen LogP contribution in [0.15, 0.2) is 29.3 Å². The first-order valence-electron chi connectivity index (χ1n) is 12.4. The van der Waals surface area contributed by atoms with Gasteiger partial charge in [-0.25, -0.2) is 9.55 Å². The number of aliphatic carboxylic acids is 2. The number of amides is 1. The van der Waals surface area contributed by atoms with Gasteiger partial charge in [0, 0.05) is 11.6 Å². The highest BCUT2D eigenvalue weighted by Gasteiger charge is 2.53. The van der Waals surface area contributed by atoms with Crippen LogP contribution >= 0.6 is 7.82 Å². The summed E-state index contributed by atoms with van der Waals surface area (Å²) in [5, 5.41) is 44.5. The lowest BCUT2D eigenvalue weighted by Gasteiger charge is -2.30. The van der Waals surface area contributed by atoms with Gasteiger partial charge in [-0.1, -0.05) is 0 Å². The van der Waals surface area contributed by atoms with Gasteiger partial charge in [-0.05, 0) is 12.1 Å². The van der Waals surface area contributed by atoms with E-state index in [1.807, 2.05) is 0 Å². The summed E-state index contributed by atoms with van der Waals surface area (Å²) in [4.78, 5) is 68.0. The minimum absolute atomic E-state index is 0.00842. The Hall–Kier alpha value is -4.79. The lowest BCUT2D eigenvalue weighted by atomic mass is 10.1. The highest BCUT2D eigenvalue weighted by atomic mass is 31.2. The maximum atomic E-state index is 13.3. The van der Waals surface area contributed by atoms with Crippen molar-refractivity contribution in [3.05, 3.63) is 56.1 Å². The van der Waals surface area contributed by atoms with Crippen molar-refractivity contribution < 1.29 is 57.5 Å². The minimum Gasteiger partial charge on any atom is -0.548 e. The molecule has 44 heavy (non-hydrogen) atoms. The van der Waals surface area contributed by atoms with Crippen molar-refractivity contribution in [2.24, 2.45) is 0 Å². The zero-order valence-electron chi connectivity index (χ0n) is 22.0. The van der Waals surface area contributed by atoms with E-state index in [4.69, 9.17) is 24.0 Å². The Morgan fingerprint density at radius 1 is 1.27 bits per heavy atom. The number of carbonyl (C=O) groups excluding carboxylic acids is 3. The number of imidazole rings is 1. The van der Waals surface area contributed by atoms with Gasteiger partial charge in [0.2, 0.25) is 5.95 Å². The van der Waals surface area contributed by atoms with Crippen molar-refractivity contribution in [3.8, 4) is 0 Å². The zero-order chi connectivity index (χ0) is 31.9. The normalized spacial score (nSPS) is 24.6. The number of anilines is 1. The lowest BCUT2D eigenvalue weighted by molar-refractivity contribution is -0.385. The number of ether oxygens (including phenoxy) is 1. The number of carbonyl (C=O) groups is 3. The summed E-state index contributed by atoms with van der Waals surface area (Å²) in [5.74, 6) is -4.95. The number of aliphatic hydroxyl groups is 1. The second-order valence-corrected chi connectivity index (χ2v) is 11.0. The van der Waals surface area contributed by atoms with E-state index in [2.05, 4.69) is 15.0 Å². The fraction of sp³-hybridized carbons (Fsp3) is 0.364. The maximum absolute atomic E-state index is 13.3. The van der Waals surface area contributed by atoms with Gasteiger partial charge >= 0.3 is 7.82 Å². The third kappa shape index (κ3) is 6.00. The molecule has 2 saturated heterocycles. The Kier molecular flexibility index (Phi) is 8.16. The summed E-state index contributed by atoms with van der Waals surface area (Å²) >= 11 is 0. The summed E-state index contributed by atoms with van der Waals surface area (Å²) in [5.41, 5.74) is 3.49. The van der Waals surface area contributed by atoms with Crippen molar-refractivity contribution >= 4 is 48.5 Å². The van der Waals surface area contributed by atoms with Crippen LogP contribution in [0.1, 0.15) is 22.1 Å².